The minimum Gasteiger partial charge on any atom is -0.496 e. The number of aryl methyl sites for hydroxylation is 1. The van der Waals surface area contributed by atoms with Crippen molar-refractivity contribution in [1.29, 1.82) is 0 Å². The molecule has 36 heavy (non-hydrogen) atoms. The van der Waals surface area contributed by atoms with Crippen molar-refractivity contribution in [3.8, 4) is 11.5 Å². The summed E-state index contributed by atoms with van der Waals surface area (Å²) >= 11 is 0. The zero-order valence-corrected chi connectivity index (χ0v) is 21.6. The van der Waals surface area contributed by atoms with Crippen LogP contribution < -0.4 is 14.8 Å². The van der Waals surface area contributed by atoms with E-state index in [1.54, 1.807) is 19.1 Å². The first-order valence-electron chi connectivity index (χ1n) is 12.8. The average molecular weight is 490 g/mol. The maximum absolute atomic E-state index is 14.2. The van der Waals surface area contributed by atoms with Gasteiger partial charge in [-0.2, -0.15) is 0 Å². The molecule has 3 aromatic rings. The number of methoxy groups -OCH3 is 2. The number of carbonyl (C=O) groups is 2. The first-order valence-corrected chi connectivity index (χ1v) is 12.8. The van der Waals surface area contributed by atoms with Crippen LogP contribution in [0.25, 0.3) is 10.9 Å². The van der Waals surface area contributed by atoms with Gasteiger partial charge in [-0.15, -0.1) is 0 Å². The van der Waals surface area contributed by atoms with Crippen LogP contribution in [0.2, 0.25) is 0 Å². The molecule has 2 aliphatic rings. The van der Waals surface area contributed by atoms with Crippen molar-refractivity contribution in [3.63, 3.8) is 0 Å². The molecule has 2 heterocycles. The average Bonchev–Trinajstić information content (AvgIpc) is 3.27. The molecule has 0 saturated heterocycles. The van der Waals surface area contributed by atoms with Crippen LogP contribution in [0.1, 0.15) is 60.6 Å². The summed E-state index contributed by atoms with van der Waals surface area (Å²) in [5.41, 5.74) is 2.35. The first-order chi connectivity index (χ1) is 17.4. The Bertz CT molecular complexity index is 1310. The van der Waals surface area contributed by atoms with E-state index in [0.29, 0.717) is 30.3 Å². The molecule has 0 spiro atoms. The van der Waals surface area contributed by atoms with Gasteiger partial charge < -0.3 is 24.3 Å². The van der Waals surface area contributed by atoms with Crippen molar-refractivity contribution in [1.82, 2.24) is 14.8 Å². The van der Waals surface area contributed by atoms with E-state index in [2.05, 4.69) is 5.32 Å². The van der Waals surface area contributed by atoms with Crippen molar-refractivity contribution in [2.75, 3.05) is 14.2 Å². The predicted octanol–water partition coefficient (Wildman–Crippen LogP) is 4.83. The maximum Gasteiger partial charge on any atom is 0.271 e. The highest BCUT2D eigenvalue weighted by Crippen LogP contribution is 2.40. The van der Waals surface area contributed by atoms with E-state index in [1.807, 2.05) is 60.9 Å². The first kappa shape index (κ1) is 24.2. The van der Waals surface area contributed by atoms with Crippen LogP contribution >= 0.6 is 0 Å². The van der Waals surface area contributed by atoms with Gasteiger partial charge in [0.05, 0.1) is 26.3 Å². The summed E-state index contributed by atoms with van der Waals surface area (Å²) in [5, 5.41) is 4.10. The Morgan fingerprint density at radius 1 is 1.06 bits per heavy atom. The van der Waals surface area contributed by atoms with Gasteiger partial charge in [0.25, 0.3) is 5.91 Å². The fourth-order valence-corrected chi connectivity index (χ4v) is 5.75. The molecule has 1 N–H and O–H groups in total. The standard InChI is InChI=1S/C29H35N3O4/c1-19-10-8-9-11-20(19)17-32-27(33)23-16-22-24(35-3)14-15-25(36-4)26(22)31(23)18-29(32,2)28(34)30-21-12-6-5-7-13-21/h8-11,14-16,21H,5-7,12-13,17-18H2,1-4H3,(H,30,34)/t29-/m0/s1. The fourth-order valence-electron chi connectivity index (χ4n) is 5.75. The van der Waals surface area contributed by atoms with Crippen LogP contribution in [0, 0.1) is 6.92 Å². The topological polar surface area (TPSA) is 72.8 Å². The molecule has 2 amide bonds. The van der Waals surface area contributed by atoms with Crippen LogP contribution in [0.5, 0.6) is 11.5 Å². The lowest BCUT2D eigenvalue weighted by atomic mass is 9.90. The smallest absolute Gasteiger partial charge is 0.271 e. The molecule has 1 aliphatic carbocycles. The van der Waals surface area contributed by atoms with Crippen molar-refractivity contribution < 1.29 is 19.1 Å². The second-order valence-corrected chi connectivity index (χ2v) is 10.2. The molecule has 2 aromatic carbocycles. The number of ether oxygens (including phenoxy) is 2. The van der Waals surface area contributed by atoms with Gasteiger partial charge in [0.2, 0.25) is 5.91 Å². The van der Waals surface area contributed by atoms with Gasteiger partial charge in [0.15, 0.2) is 0 Å². The summed E-state index contributed by atoms with van der Waals surface area (Å²) in [4.78, 5) is 29.9. The van der Waals surface area contributed by atoms with Gasteiger partial charge in [-0.05, 0) is 56.0 Å². The minimum absolute atomic E-state index is 0.106. The Morgan fingerprint density at radius 2 is 1.75 bits per heavy atom. The third kappa shape index (κ3) is 4.00. The quantitative estimate of drug-likeness (QED) is 0.538. The molecule has 5 rings (SSSR count). The number of fused-ring (bicyclic) bond motifs is 3. The highest BCUT2D eigenvalue weighted by molar-refractivity contribution is 6.06. The second kappa shape index (κ2) is 9.52. The molecule has 1 fully saturated rings. The predicted molar refractivity (Wildman–Crippen MR) is 140 cm³/mol. The normalized spacial score (nSPS) is 20.3. The summed E-state index contributed by atoms with van der Waals surface area (Å²) < 4.78 is 13.2. The van der Waals surface area contributed by atoms with Crippen LogP contribution in [-0.2, 0) is 17.9 Å². The molecule has 0 unspecified atom stereocenters. The van der Waals surface area contributed by atoms with E-state index in [-0.39, 0.29) is 17.9 Å². The number of carbonyl (C=O) groups excluding carboxylic acids is 2. The van der Waals surface area contributed by atoms with Gasteiger partial charge in [-0.25, -0.2) is 0 Å². The number of hydrogen-bond acceptors (Lipinski definition) is 4. The van der Waals surface area contributed by atoms with Gasteiger partial charge in [0, 0.05) is 18.0 Å². The monoisotopic (exact) mass is 489 g/mol. The van der Waals surface area contributed by atoms with Gasteiger partial charge >= 0.3 is 0 Å². The molecule has 1 aromatic heterocycles. The van der Waals surface area contributed by atoms with Gasteiger partial charge in [0.1, 0.15) is 22.7 Å². The number of rotatable bonds is 6. The molecule has 1 atom stereocenters. The van der Waals surface area contributed by atoms with E-state index in [4.69, 9.17) is 9.47 Å². The Morgan fingerprint density at radius 3 is 2.44 bits per heavy atom. The minimum atomic E-state index is -1.08. The molecule has 190 valence electrons. The molecule has 1 aliphatic heterocycles. The number of nitrogens with one attached hydrogen (secondary N) is 1. The summed E-state index contributed by atoms with van der Waals surface area (Å²) in [6.07, 6.45) is 5.42. The number of amides is 2. The number of benzene rings is 2. The van der Waals surface area contributed by atoms with Crippen LogP contribution in [0.15, 0.2) is 42.5 Å². The zero-order chi connectivity index (χ0) is 25.4. The van der Waals surface area contributed by atoms with Crippen molar-refractivity contribution in [2.45, 2.75) is 70.6 Å². The molecule has 0 bridgehead atoms. The highest BCUT2D eigenvalue weighted by atomic mass is 16.5. The number of aromatic nitrogens is 1. The molecule has 0 radical (unpaired) electrons. The number of nitrogens with zero attached hydrogens (tertiary/aromatic N) is 2. The van der Waals surface area contributed by atoms with E-state index in [1.165, 1.54) is 6.42 Å². The zero-order valence-electron chi connectivity index (χ0n) is 21.6. The largest absolute Gasteiger partial charge is 0.496 e. The Hall–Kier alpha value is -3.48. The highest BCUT2D eigenvalue weighted by Gasteiger charge is 2.48. The lowest BCUT2D eigenvalue weighted by Crippen LogP contribution is -2.64. The third-order valence-electron chi connectivity index (χ3n) is 7.97. The Labute approximate surface area is 212 Å². The third-order valence-corrected chi connectivity index (χ3v) is 7.97. The maximum atomic E-state index is 14.2. The second-order valence-electron chi connectivity index (χ2n) is 10.2. The molecular weight excluding hydrogens is 454 g/mol. The van der Waals surface area contributed by atoms with Crippen molar-refractivity contribution in [2.24, 2.45) is 0 Å². The SMILES string of the molecule is COc1ccc(OC)c2c1cc1n2C[C@@](C)(C(=O)NC2CCCCC2)N(Cc2ccccc2C)C1=O. The van der Waals surface area contributed by atoms with Gasteiger partial charge in [-0.1, -0.05) is 43.5 Å². The molecule has 7 heteroatoms. The Balaban J connectivity index is 1.63. The summed E-state index contributed by atoms with van der Waals surface area (Å²) in [7, 11) is 3.23. The molecule has 7 nitrogen and oxygen atoms in total. The summed E-state index contributed by atoms with van der Waals surface area (Å²) in [6, 6.07) is 13.7. The summed E-state index contributed by atoms with van der Waals surface area (Å²) in [5.74, 6) is 1.03. The molecular formula is C29H35N3O4. The fraction of sp³-hybridized carbons (Fsp3) is 0.448. The van der Waals surface area contributed by atoms with Crippen LogP contribution in [0.4, 0.5) is 0 Å². The lowest BCUT2D eigenvalue weighted by Gasteiger charge is -2.45. The van der Waals surface area contributed by atoms with Gasteiger partial charge in [-0.3, -0.25) is 9.59 Å². The lowest BCUT2D eigenvalue weighted by molar-refractivity contribution is -0.134. The van der Waals surface area contributed by atoms with E-state index >= 15 is 0 Å². The van der Waals surface area contributed by atoms with Crippen molar-refractivity contribution >= 4 is 22.7 Å². The van der Waals surface area contributed by atoms with E-state index < -0.39 is 5.54 Å². The Kier molecular flexibility index (Phi) is 6.41. The van der Waals surface area contributed by atoms with E-state index in [9.17, 15) is 9.59 Å². The van der Waals surface area contributed by atoms with Crippen LogP contribution in [-0.4, -0.2) is 47.1 Å². The van der Waals surface area contributed by atoms with Crippen LogP contribution in [0.3, 0.4) is 0 Å². The number of hydrogen-bond donors (Lipinski definition) is 1. The van der Waals surface area contributed by atoms with Crippen molar-refractivity contribution in [3.05, 3.63) is 59.3 Å². The molecule has 1 saturated carbocycles. The summed E-state index contributed by atoms with van der Waals surface area (Å²) in [6.45, 7) is 4.61. The van der Waals surface area contributed by atoms with E-state index in [0.717, 1.165) is 47.7 Å².